The molecule has 92 valence electrons. The summed E-state index contributed by atoms with van der Waals surface area (Å²) in [6, 6.07) is -0.329. The van der Waals surface area contributed by atoms with E-state index in [0.717, 1.165) is 0 Å². The van der Waals surface area contributed by atoms with Crippen LogP contribution in [-0.4, -0.2) is 25.7 Å². The first kappa shape index (κ1) is 14.5. The second kappa shape index (κ2) is 6.87. The fourth-order valence-corrected chi connectivity index (χ4v) is 0.799. The van der Waals surface area contributed by atoms with Gasteiger partial charge in [0, 0.05) is 12.7 Å². The third-order valence-electron chi connectivity index (χ3n) is 1.64. The summed E-state index contributed by atoms with van der Waals surface area (Å²) < 4.78 is 4.43. The van der Waals surface area contributed by atoms with Gasteiger partial charge in [0.1, 0.15) is 0 Å². The molecule has 0 aromatic carbocycles. The van der Waals surface area contributed by atoms with Gasteiger partial charge < -0.3 is 15.4 Å². The molecule has 0 aliphatic rings. The quantitative estimate of drug-likeness (QED) is 0.715. The summed E-state index contributed by atoms with van der Waals surface area (Å²) in [5, 5.41) is 5.08. The lowest BCUT2D eigenvalue weighted by Gasteiger charge is -2.11. The average molecular weight is 228 g/mol. The van der Waals surface area contributed by atoms with Crippen molar-refractivity contribution in [3.8, 4) is 0 Å². The van der Waals surface area contributed by atoms with Gasteiger partial charge in [0.05, 0.1) is 13.5 Å². The fourth-order valence-electron chi connectivity index (χ4n) is 0.799. The van der Waals surface area contributed by atoms with E-state index in [4.69, 9.17) is 0 Å². The topological polar surface area (TPSA) is 67.4 Å². The van der Waals surface area contributed by atoms with Crippen molar-refractivity contribution >= 4 is 12.0 Å². The first-order chi connectivity index (χ1) is 7.35. The lowest BCUT2D eigenvalue weighted by molar-refractivity contribution is -0.140. The number of rotatable bonds is 4. The summed E-state index contributed by atoms with van der Waals surface area (Å²) in [4.78, 5) is 21.9. The standard InChI is InChI=1S/C11H20N2O3/c1-11(2,3)6-8-13-10(15)12-7-5-9(14)16-4/h6,8H,5,7H2,1-4H3,(H2,12,13,15)/b8-6+. The minimum absolute atomic E-state index is 0.0271. The lowest BCUT2D eigenvalue weighted by atomic mass is 9.97. The van der Waals surface area contributed by atoms with Gasteiger partial charge in [-0.15, -0.1) is 0 Å². The minimum Gasteiger partial charge on any atom is -0.469 e. The molecule has 0 saturated heterocycles. The minimum atomic E-state index is -0.342. The zero-order valence-electron chi connectivity index (χ0n) is 10.3. The number of hydrogen-bond donors (Lipinski definition) is 2. The van der Waals surface area contributed by atoms with Crippen molar-refractivity contribution in [1.29, 1.82) is 0 Å². The summed E-state index contributed by atoms with van der Waals surface area (Å²) in [6.07, 6.45) is 3.65. The lowest BCUT2D eigenvalue weighted by Crippen LogP contribution is -2.33. The number of carbonyl (C=O) groups excluding carboxylic acids is 2. The van der Waals surface area contributed by atoms with Crippen molar-refractivity contribution in [2.24, 2.45) is 5.41 Å². The Morgan fingerprint density at radius 2 is 1.94 bits per heavy atom. The molecule has 0 radical (unpaired) electrons. The molecule has 0 aromatic heterocycles. The first-order valence-electron chi connectivity index (χ1n) is 5.14. The summed E-state index contributed by atoms with van der Waals surface area (Å²) in [5.41, 5.74) is 0.0271. The molecule has 0 atom stereocenters. The van der Waals surface area contributed by atoms with E-state index < -0.39 is 0 Å². The highest BCUT2D eigenvalue weighted by molar-refractivity contribution is 5.76. The van der Waals surface area contributed by atoms with Crippen LogP contribution in [0, 0.1) is 5.41 Å². The van der Waals surface area contributed by atoms with Crippen molar-refractivity contribution in [2.75, 3.05) is 13.7 Å². The largest absolute Gasteiger partial charge is 0.469 e. The highest BCUT2D eigenvalue weighted by Crippen LogP contribution is 2.13. The van der Waals surface area contributed by atoms with Crippen LogP contribution in [0.4, 0.5) is 4.79 Å². The number of ether oxygens (including phenoxy) is 1. The van der Waals surface area contributed by atoms with Crippen LogP contribution >= 0.6 is 0 Å². The number of allylic oxidation sites excluding steroid dienone is 1. The van der Waals surface area contributed by atoms with E-state index in [9.17, 15) is 9.59 Å². The Morgan fingerprint density at radius 3 is 2.44 bits per heavy atom. The Labute approximate surface area is 96.2 Å². The normalized spacial score (nSPS) is 11.2. The van der Waals surface area contributed by atoms with Gasteiger partial charge >= 0.3 is 12.0 Å². The van der Waals surface area contributed by atoms with E-state index in [2.05, 4.69) is 15.4 Å². The van der Waals surface area contributed by atoms with Crippen molar-refractivity contribution in [2.45, 2.75) is 27.2 Å². The van der Waals surface area contributed by atoms with Crippen LogP contribution in [0.1, 0.15) is 27.2 Å². The maximum atomic E-state index is 11.2. The predicted octanol–water partition coefficient (Wildman–Crippen LogP) is 1.41. The molecule has 16 heavy (non-hydrogen) atoms. The zero-order valence-corrected chi connectivity index (χ0v) is 10.3. The smallest absolute Gasteiger partial charge is 0.318 e. The Balaban J connectivity index is 3.68. The molecule has 2 amide bonds. The molecule has 0 fully saturated rings. The number of carbonyl (C=O) groups is 2. The first-order valence-corrected chi connectivity index (χ1v) is 5.14. The summed E-state index contributed by atoms with van der Waals surface area (Å²) in [6.45, 7) is 6.35. The molecule has 0 spiro atoms. The van der Waals surface area contributed by atoms with E-state index in [0.29, 0.717) is 0 Å². The predicted molar refractivity (Wildman–Crippen MR) is 61.8 cm³/mol. The van der Waals surface area contributed by atoms with Crippen LogP contribution < -0.4 is 10.6 Å². The van der Waals surface area contributed by atoms with Crippen molar-refractivity contribution in [1.82, 2.24) is 10.6 Å². The van der Waals surface area contributed by atoms with Crippen molar-refractivity contribution < 1.29 is 14.3 Å². The van der Waals surface area contributed by atoms with Crippen LogP contribution in [0.3, 0.4) is 0 Å². The average Bonchev–Trinajstić information content (AvgIpc) is 2.15. The Hall–Kier alpha value is -1.52. The van der Waals surface area contributed by atoms with E-state index in [1.54, 1.807) is 6.20 Å². The molecule has 0 aliphatic carbocycles. The molecule has 2 N–H and O–H groups in total. The van der Waals surface area contributed by atoms with Gasteiger partial charge in [-0.1, -0.05) is 26.8 Å². The third-order valence-corrected chi connectivity index (χ3v) is 1.64. The Bertz CT molecular complexity index is 267. The Kier molecular flexibility index (Phi) is 6.22. The number of urea groups is 1. The molecule has 0 heterocycles. The van der Waals surface area contributed by atoms with Gasteiger partial charge in [0.15, 0.2) is 0 Å². The molecule has 0 rings (SSSR count). The molecule has 0 aromatic rings. The van der Waals surface area contributed by atoms with E-state index in [1.807, 2.05) is 26.8 Å². The van der Waals surface area contributed by atoms with Crippen molar-refractivity contribution in [3.05, 3.63) is 12.3 Å². The molecule has 0 aliphatic heterocycles. The van der Waals surface area contributed by atoms with Gasteiger partial charge in [-0.25, -0.2) is 4.79 Å². The van der Waals surface area contributed by atoms with Crippen LogP contribution in [0.5, 0.6) is 0 Å². The van der Waals surface area contributed by atoms with Gasteiger partial charge in [0.2, 0.25) is 0 Å². The molecule has 5 heteroatoms. The summed E-state index contributed by atoms with van der Waals surface area (Å²) in [7, 11) is 1.31. The second-order valence-electron chi connectivity index (χ2n) is 4.43. The maximum Gasteiger partial charge on any atom is 0.318 e. The monoisotopic (exact) mass is 228 g/mol. The highest BCUT2D eigenvalue weighted by atomic mass is 16.5. The molecule has 0 unspecified atom stereocenters. The molecular formula is C11H20N2O3. The van der Waals surface area contributed by atoms with Crippen LogP contribution in [0.25, 0.3) is 0 Å². The maximum absolute atomic E-state index is 11.2. The second-order valence-corrected chi connectivity index (χ2v) is 4.43. The number of nitrogens with one attached hydrogen (secondary N) is 2. The summed E-state index contributed by atoms with van der Waals surface area (Å²) in [5.74, 6) is -0.342. The number of hydrogen-bond acceptors (Lipinski definition) is 3. The van der Waals surface area contributed by atoms with Gasteiger partial charge in [-0.3, -0.25) is 4.79 Å². The fraction of sp³-hybridized carbons (Fsp3) is 0.636. The van der Waals surface area contributed by atoms with Crippen LogP contribution in [0.15, 0.2) is 12.3 Å². The Morgan fingerprint density at radius 1 is 1.31 bits per heavy atom. The van der Waals surface area contributed by atoms with E-state index in [-0.39, 0.29) is 30.4 Å². The summed E-state index contributed by atoms with van der Waals surface area (Å²) >= 11 is 0. The molecule has 0 saturated carbocycles. The third kappa shape index (κ3) is 9.05. The SMILES string of the molecule is COC(=O)CCNC(=O)N/C=C/C(C)(C)C. The van der Waals surface area contributed by atoms with E-state index >= 15 is 0 Å². The highest BCUT2D eigenvalue weighted by Gasteiger charge is 2.04. The molecule has 5 nitrogen and oxygen atoms in total. The number of amides is 2. The van der Waals surface area contributed by atoms with Crippen LogP contribution in [0.2, 0.25) is 0 Å². The zero-order chi connectivity index (χ0) is 12.6. The van der Waals surface area contributed by atoms with Crippen LogP contribution in [-0.2, 0) is 9.53 Å². The van der Waals surface area contributed by atoms with Crippen molar-refractivity contribution in [3.63, 3.8) is 0 Å². The molecule has 0 bridgehead atoms. The van der Waals surface area contributed by atoms with Gasteiger partial charge in [-0.05, 0) is 5.41 Å². The number of methoxy groups -OCH3 is 1. The number of esters is 1. The van der Waals surface area contributed by atoms with Gasteiger partial charge in [0.25, 0.3) is 0 Å². The van der Waals surface area contributed by atoms with Gasteiger partial charge in [-0.2, -0.15) is 0 Å². The van der Waals surface area contributed by atoms with E-state index in [1.165, 1.54) is 7.11 Å². The molecular weight excluding hydrogens is 208 g/mol.